The predicted octanol–water partition coefficient (Wildman–Crippen LogP) is 5.74. The Labute approximate surface area is 219 Å². The van der Waals surface area contributed by atoms with E-state index in [0.717, 1.165) is 36.9 Å². The second-order valence-electron chi connectivity index (χ2n) is 10.5. The number of carbonyl (C=O) groups is 2. The van der Waals surface area contributed by atoms with Gasteiger partial charge >= 0.3 is 0 Å². The molecule has 2 N–H and O–H groups in total. The molecule has 0 spiro atoms. The van der Waals surface area contributed by atoms with Crippen molar-refractivity contribution in [2.45, 2.75) is 64.1 Å². The average molecular weight is 504 g/mol. The highest BCUT2D eigenvalue weighted by Crippen LogP contribution is 2.36. The maximum absolute atomic E-state index is 14.1. The van der Waals surface area contributed by atoms with E-state index in [2.05, 4.69) is 10.3 Å². The Kier molecular flexibility index (Phi) is 7.91. The van der Waals surface area contributed by atoms with Gasteiger partial charge in [-0.05, 0) is 69.0 Å². The topological polar surface area (TPSA) is 83.7 Å². The SMILES string of the molecule is COc1ccc(C(C(=O)NC2CCCC2)N(C(=O)c2ccc(-c3ccccc3)[nH]2)C(C)(C)C)cc1OC. The standard InChI is InChI=1S/C30H37N3O4/c1-30(2,3)33(29(35)24-17-16-23(32-24)20-11-7-6-8-12-20)27(28(34)31-22-13-9-10-14-22)21-15-18-25(36-4)26(19-21)37-5/h6-8,11-12,15-19,22,27,32H,9-10,13-14H2,1-5H3,(H,31,34). The third kappa shape index (κ3) is 5.82. The number of nitrogens with one attached hydrogen (secondary N) is 2. The zero-order valence-corrected chi connectivity index (χ0v) is 22.3. The van der Waals surface area contributed by atoms with Crippen LogP contribution in [-0.4, -0.2) is 47.5 Å². The number of nitrogens with zero attached hydrogens (tertiary/aromatic N) is 1. The summed E-state index contributed by atoms with van der Waals surface area (Å²) in [7, 11) is 3.13. The normalized spacial score (nSPS) is 14.7. The molecule has 2 amide bonds. The van der Waals surface area contributed by atoms with Gasteiger partial charge in [0.05, 0.1) is 14.2 Å². The van der Waals surface area contributed by atoms with Crippen molar-refractivity contribution in [3.05, 3.63) is 71.9 Å². The van der Waals surface area contributed by atoms with Crippen molar-refractivity contribution in [2.24, 2.45) is 0 Å². The zero-order valence-electron chi connectivity index (χ0n) is 22.3. The quantitative estimate of drug-likeness (QED) is 0.411. The van der Waals surface area contributed by atoms with Crippen molar-refractivity contribution in [3.63, 3.8) is 0 Å². The lowest BCUT2D eigenvalue weighted by molar-refractivity contribution is -0.128. The maximum atomic E-state index is 14.1. The van der Waals surface area contributed by atoms with E-state index in [1.165, 1.54) is 0 Å². The first-order valence-electron chi connectivity index (χ1n) is 12.8. The number of methoxy groups -OCH3 is 2. The summed E-state index contributed by atoms with van der Waals surface area (Å²) in [5.74, 6) is 0.617. The van der Waals surface area contributed by atoms with Crippen molar-refractivity contribution >= 4 is 11.8 Å². The minimum atomic E-state index is -0.864. The van der Waals surface area contributed by atoms with E-state index < -0.39 is 11.6 Å². The summed E-state index contributed by atoms with van der Waals surface area (Å²) in [5.41, 5.74) is 2.24. The smallest absolute Gasteiger partial charge is 0.271 e. The number of benzene rings is 2. The zero-order chi connectivity index (χ0) is 26.6. The number of ether oxygens (including phenoxy) is 2. The van der Waals surface area contributed by atoms with E-state index in [0.29, 0.717) is 22.8 Å². The second-order valence-corrected chi connectivity index (χ2v) is 10.5. The van der Waals surface area contributed by atoms with Crippen molar-refractivity contribution in [3.8, 4) is 22.8 Å². The maximum Gasteiger partial charge on any atom is 0.271 e. The summed E-state index contributed by atoms with van der Waals surface area (Å²) in [4.78, 5) is 33.0. The Morgan fingerprint density at radius 1 is 0.946 bits per heavy atom. The third-order valence-corrected chi connectivity index (χ3v) is 6.87. The van der Waals surface area contributed by atoms with Gasteiger partial charge in [0, 0.05) is 17.3 Å². The highest BCUT2D eigenvalue weighted by Gasteiger charge is 2.40. The minimum Gasteiger partial charge on any atom is -0.493 e. The van der Waals surface area contributed by atoms with Gasteiger partial charge in [-0.25, -0.2) is 0 Å². The molecule has 4 rings (SSSR count). The molecule has 7 nitrogen and oxygen atoms in total. The monoisotopic (exact) mass is 503 g/mol. The number of rotatable bonds is 8. The van der Waals surface area contributed by atoms with Crippen LogP contribution >= 0.6 is 0 Å². The number of aromatic nitrogens is 1. The molecule has 1 aliphatic carbocycles. The van der Waals surface area contributed by atoms with Gasteiger partial charge in [0.2, 0.25) is 5.91 Å². The lowest BCUT2D eigenvalue weighted by Crippen LogP contribution is -2.53. The lowest BCUT2D eigenvalue weighted by atomic mass is 9.95. The molecule has 1 saturated carbocycles. The van der Waals surface area contributed by atoms with Crippen LogP contribution in [0.15, 0.2) is 60.7 Å². The van der Waals surface area contributed by atoms with E-state index in [-0.39, 0.29) is 17.9 Å². The van der Waals surface area contributed by atoms with Crippen molar-refractivity contribution in [1.82, 2.24) is 15.2 Å². The fraction of sp³-hybridized carbons (Fsp3) is 0.400. The summed E-state index contributed by atoms with van der Waals surface area (Å²) in [6.45, 7) is 5.84. The van der Waals surface area contributed by atoms with Crippen LogP contribution in [-0.2, 0) is 4.79 Å². The van der Waals surface area contributed by atoms with Gasteiger partial charge in [0.15, 0.2) is 11.5 Å². The molecule has 0 saturated heterocycles. The molecule has 1 heterocycles. The van der Waals surface area contributed by atoms with E-state index >= 15 is 0 Å². The van der Waals surface area contributed by atoms with E-state index in [1.54, 1.807) is 37.3 Å². The Morgan fingerprint density at radius 2 is 1.62 bits per heavy atom. The van der Waals surface area contributed by atoms with Gasteiger partial charge in [-0.3, -0.25) is 9.59 Å². The van der Waals surface area contributed by atoms with Crippen LogP contribution in [0.25, 0.3) is 11.3 Å². The van der Waals surface area contributed by atoms with Crippen LogP contribution < -0.4 is 14.8 Å². The molecule has 1 atom stereocenters. The van der Waals surface area contributed by atoms with Crippen LogP contribution in [0.3, 0.4) is 0 Å². The minimum absolute atomic E-state index is 0.113. The third-order valence-electron chi connectivity index (χ3n) is 6.87. The Bertz CT molecular complexity index is 1220. The molecule has 1 fully saturated rings. The van der Waals surface area contributed by atoms with Gasteiger partial charge in [-0.2, -0.15) is 0 Å². The van der Waals surface area contributed by atoms with Gasteiger partial charge in [-0.15, -0.1) is 0 Å². The first-order valence-corrected chi connectivity index (χ1v) is 12.8. The number of hydrogen-bond acceptors (Lipinski definition) is 4. The molecule has 7 heteroatoms. The predicted molar refractivity (Wildman–Crippen MR) is 145 cm³/mol. The molecule has 3 aromatic rings. The Hall–Kier alpha value is -3.74. The lowest BCUT2D eigenvalue weighted by Gasteiger charge is -2.41. The van der Waals surface area contributed by atoms with Gasteiger partial charge in [0.1, 0.15) is 11.7 Å². The number of aromatic amines is 1. The fourth-order valence-corrected chi connectivity index (χ4v) is 5.04. The van der Waals surface area contributed by atoms with Crippen LogP contribution in [0.1, 0.15) is 68.5 Å². The summed E-state index contributed by atoms with van der Waals surface area (Å²) in [6, 6.07) is 18.2. The number of carbonyl (C=O) groups excluding carboxylic acids is 2. The van der Waals surface area contributed by atoms with Crippen LogP contribution in [0.4, 0.5) is 0 Å². The largest absolute Gasteiger partial charge is 0.493 e. The molecule has 0 radical (unpaired) electrons. The Balaban J connectivity index is 1.77. The molecule has 1 unspecified atom stereocenters. The van der Waals surface area contributed by atoms with Crippen molar-refractivity contribution in [1.29, 1.82) is 0 Å². The molecule has 196 valence electrons. The van der Waals surface area contributed by atoms with Gasteiger partial charge in [-0.1, -0.05) is 49.2 Å². The molecule has 1 aromatic heterocycles. The Morgan fingerprint density at radius 3 is 2.24 bits per heavy atom. The second kappa shape index (κ2) is 11.1. The van der Waals surface area contributed by atoms with E-state index in [4.69, 9.17) is 9.47 Å². The summed E-state index contributed by atoms with van der Waals surface area (Å²) in [5, 5.41) is 3.22. The molecule has 0 bridgehead atoms. The highest BCUT2D eigenvalue weighted by atomic mass is 16.5. The van der Waals surface area contributed by atoms with Gasteiger partial charge in [0.25, 0.3) is 5.91 Å². The fourth-order valence-electron chi connectivity index (χ4n) is 5.04. The van der Waals surface area contributed by atoms with Crippen LogP contribution in [0.5, 0.6) is 11.5 Å². The molecular formula is C30H37N3O4. The van der Waals surface area contributed by atoms with Crippen LogP contribution in [0.2, 0.25) is 0 Å². The van der Waals surface area contributed by atoms with Crippen molar-refractivity contribution in [2.75, 3.05) is 14.2 Å². The molecule has 1 aliphatic rings. The number of H-pyrrole nitrogens is 1. The summed E-state index contributed by atoms with van der Waals surface area (Å²) >= 11 is 0. The van der Waals surface area contributed by atoms with E-state index in [1.807, 2.05) is 63.2 Å². The van der Waals surface area contributed by atoms with Crippen LogP contribution in [0, 0.1) is 0 Å². The summed E-state index contributed by atoms with van der Waals surface area (Å²) < 4.78 is 11.0. The highest BCUT2D eigenvalue weighted by molar-refractivity contribution is 5.98. The summed E-state index contributed by atoms with van der Waals surface area (Å²) in [6.07, 6.45) is 4.09. The average Bonchev–Trinajstić information content (AvgIpc) is 3.59. The molecule has 37 heavy (non-hydrogen) atoms. The van der Waals surface area contributed by atoms with Crippen molar-refractivity contribution < 1.29 is 19.1 Å². The number of hydrogen-bond donors (Lipinski definition) is 2. The molecular weight excluding hydrogens is 466 g/mol. The first-order chi connectivity index (χ1) is 17.7. The van der Waals surface area contributed by atoms with E-state index in [9.17, 15) is 9.59 Å². The first kappa shape index (κ1) is 26.3. The van der Waals surface area contributed by atoms with Gasteiger partial charge < -0.3 is 24.7 Å². The molecule has 2 aromatic carbocycles. The number of amides is 2. The molecule has 0 aliphatic heterocycles.